The van der Waals surface area contributed by atoms with E-state index in [0.717, 1.165) is 77.0 Å². The Morgan fingerprint density at radius 1 is 0.303 bits per heavy atom. The summed E-state index contributed by atoms with van der Waals surface area (Å²) in [5.41, 5.74) is 0. The lowest BCUT2D eigenvalue weighted by molar-refractivity contribution is -0.143. The van der Waals surface area contributed by atoms with E-state index in [1.807, 2.05) is 20.8 Å². The number of alkyl halides is 20. The van der Waals surface area contributed by atoms with Crippen molar-refractivity contribution in [1.29, 1.82) is 0 Å². The molecule has 16 unspecified atom stereocenters. The molecule has 0 aliphatic carbocycles. The highest BCUT2D eigenvalue weighted by molar-refractivity contribution is 9.25. The summed E-state index contributed by atoms with van der Waals surface area (Å²) in [7, 11) is 0. The van der Waals surface area contributed by atoms with Crippen molar-refractivity contribution in [3.63, 3.8) is 0 Å². The largest absolute Gasteiger partial charge is 0.481 e. The summed E-state index contributed by atoms with van der Waals surface area (Å²) in [6.07, 6.45) is 16.3. The van der Waals surface area contributed by atoms with Gasteiger partial charge in [0, 0.05) is 6.42 Å². The molecule has 0 radical (unpaired) electrons. The van der Waals surface area contributed by atoms with Crippen LogP contribution in [0.5, 0.6) is 0 Å². The van der Waals surface area contributed by atoms with Gasteiger partial charge in [-0.05, 0) is 80.6 Å². The standard InChI is InChI=1S/C12H20Br2O3.C11H18Br2O3.C9H13Br3O3.C9H14Br2O3.C8H12Br2O3.C7H10Br2O3.C6H8Br2O3.C5H5Br3O3.C5H6Br2O3/c1-3-4-5-6-7-8-12(14,9(2)15)10(13)11(16)17;1-3-4-5-6-7-11(13,8(2)14)9(12)10(15)16;1-2-3-4-5(9(14)15)6(10)7(13)8(11)12;1-3-4-5-9(11,6(2)12)7(10)8(13)14;1-3-4-8(10,5(2)11)6(9)7(12)13;1-3-4(10)7(2,9)5(8)6(11)12;1-3(9)6(2,8)4(7)5(10)11;6-2(1-3(9)10)4(11)5(7)8;6-2-4(8)3(7)1-5(9)10/h10H,3-8H2,1-2H3,(H,16,17);9H,3-7H2,1-2H3,(H,15,16);5-6,8H,2-4H2,1H3,(H,14,15);7H,3-5H2,1-2H3,(H,13,14);6H,3-4H2,1-2H3,(H,12,13);5H,3H2,1-2H3,(H,11,12);4H,1-2H3,(H,10,11);2,5H,1H2,(H,9,10);3H,1-2H2,(H,9,10). The molecule has 0 aromatic carbocycles. The molecule has 696 valence electrons. The van der Waals surface area contributed by atoms with Gasteiger partial charge in [0.25, 0.3) is 0 Å². The van der Waals surface area contributed by atoms with Gasteiger partial charge >= 0.3 is 53.7 Å². The van der Waals surface area contributed by atoms with Crippen molar-refractivity contribution in [3.05, 3.63) is 0 Å². The lowest BCUT2D eigenvalue weighted by Gasteiger charge is -2.27. The second kappa shape index (κ2) is 74.4. The van der Waals surface area contributed by atoms with E-state index in [0.29, 0.717) is 38.5 Å². The van der Waals surface area contributed by atoms with Crippen LogP contribution in [0.15, 0.2) is 0 Å². The van der Waals surface area contributed by atoms with Gasteiger partial charge in [0.15, 0.2) is 23.1 Å². The molecule has 0 aliphatic rings. The lowest BCUT2D eigenvalue weighted by atomic mass is 9.93. The van der Waals surface area contributed by atoms with Crippen molar-refractivity contribution >= 4 is 424 Å². The lowest BCUT2D eigenvalue weighted by Crippen LogP contribution is -2.43. The van der Waals surface area contributed by atoms with Gasteiger partial charge in [0.2, 0.25) is 0 Å². The van der Waals surface area contributed by atoms with Gasteiger partial charge in [-0.3, -0.25) is 86.3 Å². The number of carboxylic acids is 9. The molecular weight excluding hydrogens is 2890 g/mol. The molecule has 47 heteroatoms. The van der Waals surface area contributed by atoms with Crippen molar-refractivity contribution in [2.75, 3.05) is 5.33 Å². The normalized spacial score (nSPS) is 16.2. The Morgan fingerprint density at radius 3 is 0.798 bits per heavy atom. The first-order chi connectivity index (χ1) is 54.0. The number of halogens is 20. The topological polar surface area (TPSA) is 489 Å². The van der Waals surface area contributed by atoms with Crippen LogP contribution in [0.3, 0.4) is 0 Å². The summed E-state index contributed by atoms with van der Waals surface area (Å²) in [4.78, 5) is 189. The van der Waals surface area contributed by atoms with E-state index >= 15 is 0 Å². The molecule has 0 fully saturated rings. The van der Waals surface area contributed by atoms with Gasteiger partial charge in [0.1, 0.15) is 91.3 Å². The number of carbonyl (C=O) groups excluding carboxylic acids is 9. The average Bonchev–Trinajstić information content (AvgIpc) is 0.878. The Labute approximate surface area is 864 Å². The van der Waals surface area contributed by atoms with E-state index in [1.165, 1.54) is 54.4 Å². The number of carbonyl (C=O) groups is 18. The second-order valence-corrected chi connectivity index (χ2v) is 50.1. The highest BCUT2D eigenvalue weighted by atomic mass is 79.9. The second-order valence-electron chi connectivity index (χ2n) is 25.8. The predicted molar refractivity (Wildman–Crippen MR) is 534 cm³/mol. The first kappa shape index (κ1) is 139. The molecule has 0 aliphatic heterocycles. The van der Waals surface area contributed by atoms with E-state index in [2.05, 4.69) is 332 Å². The van der Waals surface area contributed by atoms with E-state index < -0.39 is 137 Å². The zero-order chi connectivity index (χ0) is 96.6. The number of hydrogen-bond acceptors (Lipinski definition) is 18. The number of carboxylic acid groups (broad SMARTS) is 9. The summed E-state index contributed by atoms with van der Waals surface area (Å²) in [6.45, 7) is 21.9. The summed E-state index contributed by atoms with van der Waals surface area (Å²) in [5.74, 6) is -11.3. The van der Waals surface area contributed by atoms with Crippen molar-refractivity contribution in [1.82, 2.24) is 0 Å². The number of rotatable bonds is 50. The minimum atomic E-state index is -1.06. The molecule has 0 aromatic rings. The van der Waals surface area contributed by atoms with Crippen LogP contribution in [0.4, 0.5) is 0 Å². The van der Waals surface area contributed by atoms with Gasteiger partial charge in [-0.2, -0.15) is 0 Å². The van der Waals surface area contributed by atoms with Crippen LogP contribution < -0.4 is 0 Å². The van der Waals surface area contributed by atoms with E-state index in [-0.39, 0.29) is 70.2 Å². The Balaban J connectivity index is -0.000000164. The van der Waals surface area contributed by atoms with Crippen LogP contribution in [0, 0.1) is 5.92 Å². The maximum atomic E-state index is 11.6. The van der Waals surface area contributed by atoms with Crippen LogP contribution >= 0.6 is 319 Å². The fourth-order valence-electron chi connectivity index (χ4n) is 8.31. The van der Waals surface area contributed by atoms with Gasteiger partial charge in [-0.1, -0.05) is 450 Å². The molecule has 119 heavy (non-hydrogen) atoms. The highest BCUT2D eigenvalue weighted by Crippen LogP contribution is 2.39. The molecule has 16 atom stereocenters. The molecule has 0 bridgehead atoms. The summed E-state index contributed by atoms with van der Waals surface area (Å²) in [5, 5.41) is 78.4. The summed E-state index contributed by atoms with van der Waals surface area (Å²) >= 11 is 61.2. The minimum Gasteiger partial charge on any atom is -0.481 e. The SMILES string of the molecule is CC(=O)C(C)(Br)C(Br)C(=O)O.CCC(=O)C(C)(Br)C(Br)C(=O)O.CCCC(Br)(C(C)=O)C(Br)C(=O)O.CCCCC(Br)(C(C)=O)C(Br)C(=O)O.CCCCC(C(=O)O)C(Br)C(=O)C(Br)Br.CCCCCCC(Br)(C(C)=O)C(Br)C(=O)O.CCCCCCCC(Br)(C(C)=O)C(Br)C(=O)O.O=C(O)CC(Br)C(=O)C(Br)Br.O=C(O)CC(Br)C(=O)CBr. The zero-order valence-corrected chi connectivity index (χ0v) is 98.8. The molecule has 27 nitrogen and oxygen atoms in total. The van der Waals surface area contributed by atoms with Crippen molar-refractivity contribution in [3.8, 4) is 0 Å². The molecule has 0 rings (SSSR count). The van der Waals surface area contributed by atoms with Crippen LogP contribution in [0.25, 0.3) is 0 Å². The number of Topliss-reactive ketones (excluding diaryl/α,β-unsaturated/α-hetero) is 9. The smallest absolute Gasteiger partial charge is 0.319 e. The van der Waals surface area contributed by atoms with Crippen LogP contribution in [0.1, 0.15) is 231 Å². The molecule has 9 N–H and O–H groups in total. The molecule has 0 saturated heterocycles. The monoisotopic (exact) mass is 2980 g/mol. The summed E-state index contributed by atoms with van der Waals surface area (Å²) in [6, 6.07) is 0. The Hall–Kier alpha value is 1.86. The Bertz CT molecular complexity index is 3190. The fourth-order valence-corrected chi connectivity index (χ4v) is 19.0. The number of unbranched alkanes of at least 4 members (excludes halogenated alkanes) is 9. The quantitative estimate of drug-likeness (QED) is 0.0202. The van der Waals surface area contributed by atoms with Gasteiger partial charge in [-0.25, -0.2) is 0 Å². The molecule has 0 heterocycles. The number of aliphatic carboxylic acids is 9. The summed E-state index contributed by atoms with van der Waals surface area (Å²) < 4.78 is -6.96. The number of hydrogen-bond donors (Lipinski definition) is 9. The Morgan fingerprint density at radius 2 is 0.571 bits per heavy atom. The van der Waals surface area contributed by atoms with Crippen LogP contribution in [0.2, 0.25) is 0 Å². The third-order valence-corrected chi connectivity index (χ3v) is 39.7. The maximum absolute atomic E-state index is 11.6. The Kier molecular flexibility index (Phi) is 86.8. The molecule has 0 aromatic heterocycles. The van der Waals surface area contributed by atoms with Crippen molar-refractivity contribution in [2.24, 2.45) is 5.92 Å². The first-order valence-corrected chi connectivity index (χ1v) is 53.5. The molecule has 0 amide bonds. The molecule has 0 spiro atoms. The third kappa shape index (κ3) is 60.5. The van der Waals surface area contributed by atoms with E-state index in [9.17, 15) is 86.3 Å². The van der Waals surface area contributed by atoms with Crippen molar-refractivity contribution < 1.29 is 132 Å². The van der Waals surface area contributed by atoms with Gasteiger partial charge in [0.05, 0.1) is 38.6 Å². The predicted octanol–water partition coefficient (Wildman–Crippen LogP) is 22.5. The molecule has 0 saturated carbocycles. The zero-order valence-electron chi connectivity index (χ0n) is 67.1. The minimum absolute atomic E-state index is 0.133. The van der Waals surface area contributed by atoms with Crippen LogP contribution in [-0.2, 0) is 86.3 Å². The molecular formula is C72H106Br20O27. The van der Waals surface area contributed by atoms with Gasteiger partial charge in [-0.15, -0.1) is 0 Å². The van der Waals surface area contributed by atoms with Gasteiger partial charge < -0.3 is 46.0 Å². The van der Waals surface area contributed by atoms with E-state index in [4.69, 9.17) is 46.0 Å². The van der Waals surface area contributed by atoms with Crippen molar-refractivity contribution in [2.45, 2.75) is 308 Å². The number of ketones is 9. The third-order valence-electron chi connectivity index (χ3n) is 16.0. The first-order valence-electron chi connectivity index (χ1n) is 35.7. The van der Waals surface area contributed by atoms with Crippen LogP contribution in [-0.4, -0.2) is 234 Å². The fraction of sp³-hybridized carbons (Fsp3) is 0.750. The average molecular weight is 3000 g/mol. The van der Waals surface area contributed by atoms with E-state index in [1.54, 1.807) is 13.8 Å². The maximum Gasteiger partial charge on any atom is 0.319 e. The highest BCUT2D eigenvalue weighted by Gasteiger charge is 2.47.